The van der Waals surface area contributed by atoms with Crippen LogP contribution < -0.4 is 10.6 Å². The predicted octanol–water partition coefficient (Wildman–Crippen LogP) is 4.18. The molecule has 2 aromatic carbocycles. The van der Waals surface area contributed by atoms with Gasteiger partial charge in [0.05, 0.1) is 12.2 Å². The van der Waals surface area contributed by atoms with E-state index in [2.05, 4.69) is 86.2 Å². The SMILES string of the molecule is CN=C(NCc1nccc2ccccc12)NC1CCN(Cc2ccccc2)CC1.I. The van der Waals surface area contributed by atoms with E-state index in [1.54, 1.807) is 0 Å². The molecule has 0 saturated carbocycles. The van der Waals surface area contributed by atoms with Gasteiger partial charge in [0.1, 0.15) is 0 Å². The van der Waals surface area contributed by atoms with Gasteiger partial charge in [0.15, 0.2) is 5.96 Å². The highest BCUT2D eigenvalue weighted by Gasteiger charge is 2.20. The van der Waals surface area contributed by atoms with Crippen LogP contribution in [0.25, 0.3) is 10.8 Å². The number of hydrogen-bond donors (Lipinski definition) is 2. The first-order valence-electron chi connectivity index (χ1n) is 10.4. The Balaban J connectivity index is 0.00000256. The number of hydrogen-bond acceptors (Lipinski definition) is 3. The Bertz CT molecular complexity index is 947. The largest absolute Gasteiger partial charge is 0.354 e. The number of likely N-dealkylation sites (tertiary alicyclic amines) is 1. The second kappa shape index (κ2) is 11.3. The van der Waals surface area contributed by atoms with Crippen LogP contribution in [0.1, 0.15) is 24.1 Å². The molecule has 1 fully saturated rings. The number of benzene rings is 2. The molecule has 0 spiro atoms. The van der Waals surface area contributed by atoms with E-state index in [0.29, 0.717) is 12.6 Å². The van der Waals surface area contributed by atoms with E-state index in [9.17, 15) is 0 Å². The van der Waals surface area contributed by atoms with Gasteiger partial charge in [-0.05, 0) is 29.9 Å². The van der Waals surface area contributed by atoms with E-state index in [-0.39, 0.29) is 24.0 Å². The molecule has 1 aromatic heterocycles. The Kier molecular flexibility index (Phi) is 8.45. The molecule has 0 aliphatic carbocycles. The maximum absolute atomic E-state index is 4.56. The summed E-state index contributed by atoms with van der Waals surface area (Å²) in [6, 6.07) is 21.6. The van der Waals surface area contributed by atoms with Crippen molar-refractivity contribution in [2.75, 3.05) is 20.1 Å². The lowest BCUT2D eigenvalue weighted by molar-refractivity contribution is 0.198. The number of aliphatic imine (C=N–C) groups is 1. The topological polar surface area (TPSA) is 52.6 Å². The number of fused-ring (bicyclic) bond motifs is 1. The summed E-state index contributed by atoms with van der Waals surface area (Å²) in [7, 11) is 1.83. The monoisotopic (exact) mass is 515 g/mol. The molecule has 4 rings (SSSR count). The van der Waals surface area contributed by atoms with Crippen LogP contribution in [0.2, 0.25) is 0 Å². The van der Waals surface area contributed by atoms with E-state index in [0.717, 1.165) is 44.1 Å². The van der Waals surface area contributed by atoms with Gasteiger partial charge in [-0.2, -0.15) is 0 Å². The summed E-state index contributed by atoms with van der Waals surface area (Å²) in [6.45, 7) is 3.91. The van der Waals surface area contributed by atoms with Crippen molar-refractivity contribution in [3.8, 4) is 0 Å². The van der Waals surface area contributed by atoms with Gasteiger partial charge in [0.2, 0.25) is 0 Å². The molecule has 1 aliphatic heterocycles. The van der Waals surface area contributed by atoms with Crippen molar-refractivity contribution in [2.45, 2.75) is 32.0 Å². The summed E-state index contributed by atoms with van der Waals surface area (Å²) in [4.78, 5) is 11.5. The molecule has 2 N–H and O–H groups in total. The molecule has 2 heterocycles. The molecular formula is C24H30IN5. The first-order chi connectivity index (χ1) is 14.3. The van der Waals surface area contributed by atoms with Gasteiger partial charge in [0.25, 0.3) is 0 Å². The lowest BCUT2D eigenvalue weighted by Crippen LogP contribution is -2.48. The van der Waals surface area contributed by atoms with Crippen LogP contribution in [0.15, 0.2) is 71.9 Å². The molecule has 5 nitrogen and oxygen atoms in total. The minimum Gasteiger partial charge on any atom is -0.354 e. The smallest absolute Gasteiger partial charge is 0.191 e. The van der Waals surface area contributed by atoms with Crippen molar-refractivity contribution in [3.63, 3.8) is 0 Å². The summed E-state index contributed by atoms with van der Waals surface area (Å²) < 4.78 is 0. The van der Waals surface area contributed by atoms with Crippen molar-refractivity contribution < 1.29 is 0 Å². The first kappa shape index (κ1) is 22.5. The zero-order chi connectivity index (χ0) is 19.9. The molecule has 1 saturated heterocycles. The van der Waals surface area contributed by atoms with Crippen molar-refractivity contribution in [1.29, 1.82) is 0 Å². The highest BCUT2D eigenvalue weighted by atomic mass is 127. The van der Waals surface area contributed by atoms with E-state index >= 15 is 0 Å². The molecule has 0 unspecified atom stereocenters. The van der Waals surface area contributed by atoms with Crippen LogP contribution in [0.4, 0.5) is 0 Å². The molecule has 158 valence electrons. The summed E-state index contributed by atoms with van der Waals surface area (Å²) in [5.41, 5.74) is 2.43. The van der Waals surface area contributed by atoms with Crippen LogP contribution in [-0.4, -0.2) is 42.0 Å². The van der Waals surface area contributed by atoms with Gasteiger partial charge < -0.3 is 10.6 Å². The molecular weight excluding hydrogens is 485 g/mol. The summed E-state index contributed by atoms with van der Waals surface area (Å²) in [5, 5.41) is 9.43. The fraction of sp³-hybridized carbons (Fsp3) is 0.333. The van der Waals surface area contributed by atoms with Crippen LogP contribution in [0.3, 0.4) is 0 Å². The molecule has 0 atom stereocenters. The molecule has 30 heavy (non-hydrogen) atoms. The molecule has 6 heteroatoms. The van der Waals surface area contributed by atoms with Crippen molar-refractivity contribution in [1.82, 2.24) is 20.5 Å². The van der Waals surface area contributed by atoms with E-state index in [1.807, 2.05) is 13.2 Å². The normalized spacial score (nSPS) is 15.6. The number of guanidine groups is 1. The zero-order valence-electron chi connectivity index (χ0n) is 17.4. The van der Waals surface area contributed by atoms with Crippen molar-refractivity contribution in [3.05, 3.63) is 78.1 Å². The maximum Gasteiger partial charge on any atom is 0.191 e. The highest BCUT2D eigenvalue weighted by Crippen LogP contribution is 2.16. The Hall–Kier alpha value is -2.19. The number of piperidine rings is 1. The van der Waals surface area contributed by atoms with Crippen LogP contribution in [-0.2, 0) is 13.1 Å². The Morgan fingerprint density at radius 1 is 1.03 bits per heavy atom. The summed E-state index contributed by atoms with van der Waals surface area (Å²) in [5.74, 6) is 0.848. The van der Waals surface area contributed by atoms with E-state index in [4.69, 9.17) is 0 Å². The fourth-order valence-corrected chi connectivity index (χ4v) is 3.96. The lowest BCUT2D eigenvalue weighted by atomic mass is 10.0. The Labute approximate surface area is 196 Å². The van der Waals surface area contributed by atoms with E-state index in [1.165, 1.54) is 16.3 Å². The Morgan fingerprint density at radius 3 is 2.53 bits per heavy atom. The minimum atomic E-state index is 0. The number of nitrogens with one attached hydrogen (secondary N) is 2. The van der Waals surface area contributed by atoms with Crippen molar-refractivity contribution >= 4 is 40.7 Å². The number of nitrogens with zero attached hydrogens (tertiary/aromatic N) is 3. The van der Waals surface area contributed by atoms with Gasteiger partial charge in [-0.25, -0.2) is 0 Å². The molecule has 0 bridgehead atoms. The van der Waals surface area contributed by atoms with Crippen molar-refractivity contribution in [2.24, 2.45) is 4.99 Å². The van der Waals surface area contributed by atoms with Gasteiger partial charge in [-0.1, -0.05) is 54.6 Å². The van der Waals surface area contributed by atoms with Crippen LogP contribution in [0.5, 0.6) is 0 Å². The zero-order valence-corrected chi connectivity index (χ0v) is 19.8. The van der Waals surface area contributed by atoms with Gasteiger partial charge >= 0.3 is 0 Å². The van der Waals surface area contributed by atoms with E-state index < -0.39 is 0 Å². The number of pyridine rings is 1. The minimum absolute atomic E-state index is 0. The average Bonchev–Trinajstić information content (AvgIpc) is 2.78. The third kappa shape index (κ3) is 5.92. The lowest BCUT2D eigenvalue weighted by Gasteiger charge is -2.33. The maximum atomic E-state index is 4.56. The first-order valence-corrected chi connectivity index (χ1v) is 10.4. The van der Waals surface area contributed by atoms with Gasteiger partial charge in [0, 0.05) is 44.3 Å². The second-order valence-corrected chi connectivity index (χ2v) is 7.58. The van der Waals surface area contributed by atoms with Crippen LogP contribution in [0, 0.1) is 0 Å². The van der Waals surface area contributed by atoms with Gasteiger partial charge in [-0.3, -0.25) is 14.9 Å². The molecule has 0 radical (unpaired) electrons. The second-order valence-electron chi connectivity index (χ2n) is 7.58. The average molecular weight is 515 g/mol. The van der Waals surface area contributed by atoms with Crippen LogP contribution >= 0.6 is 24.0 Å². The predicted molar refractivity (Wildman–Crippen MR) is 135 cm³/mol. The quantitative estimate of drug-likeness (QED) is 0.304. The molecule has 3 aromatic rings. The molecule has 1 aliphatic rings. The Morgan fingerprint density at radius 2 is 1.77 bits per heavy atom. The summed E-state index contributed by atoms with van der Waals surface area (Å²) >= 11 is 0. The highest BCUT2D eigenvalue weighted by molar-refractivity contribution is 14.0. The fourth-order valence-electron chi connectivity index (χ4n) is 3.96. The standard InChI is InChI=1S/C24H29N5.HI/c1-25-24(27-17-23-22-10-6-5-9-20(22)11-14-26-23)28-21-12-15-29(16-13-21)18-19-7-3-2-4-8-19;/h2-11,14,21H,12-13,15-18H2,1H3,(H2,25,27,28);1H. The van der Waals surface area contributed by atoms with Gasteiger partial charge in [-0.15, -0.1) is 24.0 Å². The number of halogens is 1. The third-order valence-electron chi connectivity index (χ3n) is 5.58. The summed E-state index contributed by atoms with van der Waals surface area (Å²) in [6.07, 6.45) is 4.12. The number of rotatable bonds is 5. The molecule has 0 amide bonds. The number of aromatic nitrogens is 1. The third-order valence-corrected chi connectivity index (χ3v) is 5.58.